The molecule has 3 atom stereocenters. The van der Waals surface area contributed by atoms with Gasteiger partial charge in [-0.3, -0.25) is 4.79 Å². The van der Waals surface area contributed by atoms with Crippen LogP contribution in [0.4, 0.5) is 14.6 Å². The zero-order valence-corrected chi connectivity index (χ0v) is 19.5. The van der Waals surface area contributed by atoms with Gasteiger partial charge in [0.1, 0.15) is 23.2 Å². The molecule has 1 saturated heterocycles. The summed E-state index contributed by atoms with van der Waals surface area (Å²) >= 11 is 0. The third kappa shape index (κ3) is 4.13. The molecule has 0 radical (unpaired) electrons. The van der Waals surface area contributed by atoms with Gasteiger partial charge in [0.15, 0.2) is 0 Å². The summed E-state index contributed by atoms with van der Waals surface area (Å²) in [6.45, 7) is 11.0. The molecule has 4 rings (SSSR count). The van der Waals surface area contributed by atoms with Crippen LogP contribution in [-0.4, -0.2) is 51.3 Å². The van der Waals surface area contributed by atoms with Crippen molar-refractivity contribution < 1.29 is 18.1 Å². The number of fused-ring (bicyclic) bond motifs is 1. The van der Waals surface area contributed by atoms with Gasteiger partial charge in [0, 0.05) is 37.0 Å². The Morgan fingerprint density at radius 2 is 2.12 bits per heavy atom. The molecule has 4 heterocycles. The largest absolute Gasteiger partial charge is 0.367 e. The van der Waals surface area contributed by atoms with E-state index in [1.807, 2.05) is 38.7 Å². The Kier molecular flexibility index (Phi) is 6.02. The molecule has 0 aromatic carbocycles. The van der Waals surface area contributed by atoms with Crippen molar-refractivity contribution in [2.24, 2.45) is 5.92 Å². The molecule has 1 fully saturated rings. The fourth-order valence-corrected chi connectivity index (χ4v) is 4.86. The van der Waals surface area contributed by atoms with Crippen LogP contribution in [0.3, 0.4) is 0 Å². The van der Waals surface area contributed by atoms with Crippen molar-refractivity contribution in [2.75, 3.05) is 18.4 Å². The summed E-state index contributed by atoms with van der Waals surface area (Å²) < 4.78 is 34.8. The summed E-state index contributed by atoms with van der Waals surface area (Å²) in [7, 11) is 0. The van der Waals surface area contributed by atoms with Crippen molar-refractivity contribution in [3.05, 3.63) is 28.8 Å². The average molecular weight is 450 g/mol. The molecule has 7 nitrogen and oxygen atoms in total. The van der Waals surface area contributed by atoms with Crippen LogP contribution in [0.5, 0.6) is 0 Å². The van der Waals surface area contributed by atoms with E-state index in [1.165, 1.54) is 4.68 Å². The Morgan fingerprint density at radius 3 is 2.78 bits per heavy atom. The van der Waals surface area contributed by atoms with Crippen LogP contribution in [-0.2, 0) is 11.8 Å². The zero-order valence-electron chi connectivity index (χ0n) is 19.5. The Morgan fingerprint density at radius 1 is 1.38 bits per heavy atom. The molecule has 2 aliphatic heterocycles. The quantitative estimate of drug-likeness (QED) is 0.739. The maximum absolute atomic E-state index is 14.0. The van der Waals surface area contributed by atoms with Crippen molar-refractivity contribution in [1.82, 2.24) is 19.8 Å². The highest BCUT2D eigenvalue weighted by atomic mass is 19.3. The third-order valence-electron chi connectivity index (χ3n) is 6.72. The van der Waals surface area contributed by atoms with Crippen molar-refractivity contribution in [2.45, 2.75) is 84.2 Å². The SMILES string of the molecule is CCc1onc(C)c1C(=O)N1CCC[C@H]([C@@H]2C[C@H](C(F)F)n3nc(C(C)(C)C)cc3N2)C1. The minimum atomic E-state index is -2.50. The summed E-state index contributed by atoms with van der Waals surface area (Å²) in [5.41, 5.74) is 1.71. The molecule has 1 N–H and O–H groups in total. The number of likely N-dealkylation sites (tertiary alicyclic amines) is 1. The number of nitrogens with zero attached hydrogens (tertiary/aromatic N) is 4. The molecular weight excluding hydrogens is 416 g/mol. The number of aryl methyl sites for hydroxylation is 2. The molecule has 0 unspecified atom stereocenters. The predicted molar refractivity (Wildman–Crippen MR) is 117 cm³/mol. The van der Waals surface area contributed by atoms with E-state index in [0.717, 1.165) is 18.5 Å². The Hall–Kier alpha value is -2.45. The van der Waals surface area contributed by atoms with Crippen LogP contribution in [0.15, 0.2) is 10.6 Å². The van der Waals surface area contributed by atoms with Gasteiger partial charge in [-0.2, -0.15) is 5.10 Å². The lowest BCUT2D eigenvalue weighted by Crippen LogP contribution is -2.48. The number of carbonyl (C=O) groups excluding carboxylic acids is 1. The van der Waals surface area contributed by atoms with Gasteiger partial charge in [-0.1, -0.05) is 32.9 Å². The van der Waals surface area contributed by atoms with Crippen molar-refractivity contribution >= 4 is 11.7 Å². The smallest absolute Gasteiger partial charge is 0.260 e. The molecule has 1 amide bonds. The van der Waals surface area contributed by atoms with E-state index in [1.54, 1.807) is 6.92 Å². The first kappa shape index (κ1) is 22.7. The molecule has 0 bridgehead atoms. The fraction of sp³-hybridized carbons (Fsp3) is 0.696. The van der Waals surface area contributed by atoms with Crippen molar-refractivity contribution in [1.29, 1.82) is 0 Å². The summed E-state index contributed by atoms with van der Waals surface area (Å²) in [5.74, 6) is 1.25. The topological polar surface area (TPSA) is 76.2 Å². The van der Waals surface area contributed by atoms with Crippen LogP contribution >= 0.6 is 0 Å². The van der Waals surface area contributed by atoms with E-state index >= 15 is 0 Å². The first-order valence-electron chi connectivity index (χ1n) is 11.5. The third-order valence-corrected chi connectivity index (χ3v) is 6.72. The molecular formula is C23H33F2N5O2. The first-order chi connectivity index (χ1) is 15.1. The molecule has 2 aliphatic rings. The van der Waals surface area contributed by atoms with Gasteiger partial charge in [-0.15, -0.1) is 0 Å². The summed E-state index contributed by atoms with van der Waals surface area (Å²) in [5, 5.41) is 11.9. The molecule has 32 heavy (non-hydrogen) atoms. The maximum Gasteiger partial charge on any atom is 0.260 e. The number of hydrogen-bond donors (Lipinski definition) is 1. The minimum Gasteiger partial charge on any atom is -0.367 e. The number of amides is 1. The second-order valence-corrected chi connectivity index (χ2v) is 10.1. The maximum atomic E-state index is 14.0. The number of halogens is 2. The van der Waals surface area contributed by atoms with Gasteiger partial charge in [0.2, 0.25) is 0 Å². The van der Waals surface area contributed by atoms with Crippen LogP contribution in [0.25, 0.3) is 0 Å². The minimum absolute atomic E-state index is 0.0772. The molecule has 0 spiro atoms. The lowest BCUT2D eigenvalue weighted by molar-refractivity contribution is 0.0503. The highest BCUT2D eigenvalue weighted by molar-refractivity contribution is 5.96. The molecule has 2 aromatic rings. The summed E-state index contributed by atoms with van der Waals surface area (Å²) in [6.07, 6.45) is 0.112. The number of anilines is 1. The van der Waals surface area contributed by atoms with Crippen molar-refractivity contribution in [3.8, 4) is 0 Å². The van der Waals surface area contributed by atoms with Gasteiger partial charge >= 0.3 is 0 Å². The second kappa shape index (κ2) is 8.48. The lowest BCUT2D eigenvalue weighted by atomic mass is 9.85. The highest BCUT2D eigenvalue weighted by Gasteiger charge is 2.40. The van der Waals surface area contributed by atoms with Crippen LogP contribution in [0.1, 0.15) is 80.5 Å². The normalized spacial score (nSPS) is 23.9. The monoisotopic (exact) mass is 449 g/mol. The van der Waals surface area contributed by atoms with Gasteiger partial charge in [0.05, 0.1) is 11.4 Å². The number of rotatable bonds is 4. The molecule has 176 valence electrons. The highest BCUT2D eigenvalue weighted by Crippen LogP contribution is 2.38. The van der Waals surface area contributed by atoms with Crippen LogP contribution in [0, 0.1) is 12.8 Å². The zero-order chi connectivity index (χ0) is 23.2. The van der Waals surface area contributed by atoms with E-state index < -0.39 is 12.5 Å². The number of hydrogen-bond acceptors (Lipinski definition) is 5. The van der Waals surface area contributed by atoms with E-state index in [9.17, 15) is 13.6 Å². The lowest BCUT2D eigenvalue weighted by Gasteiger charge is -2.41. The fourth-order valence-electron chi connectivity index (χ4n) is 4.86. The van der Waals surface area contributed by atoms with Gasteiger partial charge in [0.25, 0.3) is 12.3 Å². The van der Waals surface area contributed by atoms with E-state index in [0.29, 0.717) is 42.3 Å². The summed E-state index contributed by atoms with van der Waals surface area (Å²) in [4.78, 5) is 15.1. The number of aromatic nitrogens is 3. The molecule has 0 aliphatic carbocycles. The van der Waals surface area contributed by atoms with Crippen molar-refractivity contribution in [3.63, 3.8) is 0 Å². The van der Waals surface area contributed by atoms with Gasteiger partial charge < -0.3 is 14.7 Å². The Balaban J connectivity index is 1.55. The van der Waals surface area contributed by atoms with E-state index in [-0.39, 0.29) is 29.7 Å². The average Bonchev–Trinajstić information content (AvgIpc) is 3.35. The number of nitrogens with one attached hydrogen (secondary N) is 1. The van der Waals surface area contributed by atoms with Gasteiger partial charge in [-0.25, -0.2) is 13.5 Å². The second-order valence-electron chi connectivity index (χ2n) is 10.1. The van der Waals surface area contributed by atoms with E-state index in [2.05, 4.69) is 15.6 Å². The number of piperidine rings is 1. The molecule has 2 aromatic heterocycles. The number of carbonyl (C=O) groups is 1. The standard InChI is InChI=1S/C23H33F2N5O2/c1-6-17-20(13(2)28-32-17)22(31)29-9-7-8-14(12-29)15-10-16(21(24)25)30-19(26-15)11-18(27-30)23(3,4)5/h11,14-16,21,26H,6-10,12H2,1-5H3/t14-,15-,16+/m0/s1. The molecule has 0 saturated carbocycles. The predicted octanol–water partition coefficient (Wildman–Crippen LogP) is 4.58. The summed E-state index contributed by atoms with van der Waals surface area (Å²) in [6, 6.07) is 0.780. The first-order valence-corrected chi connectivity index (χ1v) is 11.5. The van der Waals surface area contributed by atoms with Crippen LogP contribution in [0.2, 0.25) is 0 Å². The van der Waals surface area contributed by atoms with Crippen LogP contribution < -0.4 is 5.32 Å². The number of alkyl halides is 2. The molecule has 9 heteroatoms. The van der Waals surface area contributed by atoms with Gasteiger partial charge in [-0.05, 0) is 32.1 Å². The Labute approximate surface area is 187 Å². The Bertz CT molecular complexity index is 978. The van der Waals surface area contributed by atoms with E-state index in [4.69, 9.17) is 4.52 Å².